The summed E-state index contributed by atoms with van der Waals surface area (Å²) in [6, 6.07) is 16.6. The standard InChI is InChI=1S/C30H34Cl3N3O4S/c1-5-21(4)34-30(38)28(6-2)35(18-22-9-16-26(32)27(33)17-22)29(37)19-36(24-12-7-20(3)8-13-24)41(39,40)25-14-10-23(31)11-15-25/h7-17,21,28H,5-6,18-19H2,1-4H3,(H,34,38)/t21-,28-/m1/s1. The first-order chi connectivity index (χ1) is 19.4. The molecule has 7 nitrogen and oxygen atoms in total. The quantitative estimate of drug-likeness (QED) is 0.235. The summed E-state index contributed by atoms with van der Waals surface area (Å²) in [6.07, 6.45) is 1.02. The summed E-state index contributed by atoms with van der Waals surface area (Å²) in [6.45, 7) is 7.00. The molecule has 0 aliphatic rings. The molecule has 11 heteroatoms. The molecule has 0 aliphatic carbocycles. The molecule has 0 aromatic heterocycles. The van der Waals surface area contributed by atoms with E-state index in [1.54, 1.807) is 49.4 Å². The van der Waals surface area contributed by atoms with E-state index in [4.69, 9.17) is 34.8 Å². The Morgan fingerprint density at radius 2 is 1.51 bits per heavy atom. The normalized spacial score (nSPS) is 12.9. The molecule has 0 heterocycles. The van der Waals surface area contributed by atoms with Crippen LogP contribution in [0, 0.1) is 6.92 Å². The van der Waals surface area contributed by atoms with Crippen molar-refractivity contribution in [1.82, 2.24) is 10.2 Å². The van der Waals surface area contributed by atoms with Gasteiger partial charge >= 0.3 is 0 Å². The third-order valence-corrected chi connectivity index (χ3v) is 9.51. The van der Waals surface area contributed by atoms with Gasteiger partial charge in [0.05, 0.1) is 20.6 Å². The number of nitrogens with one attached hydrogen (secondary N) is 1. The smallest absolute Gasteiger partial charge is 0.264 e. The third kappa shape index (κ3) is 8.38. The van der Waals surface area contributed by atoms with Gasteiger partial charge in [-0.25, -0.2) is 8.42 Å². The molecule has 0 unspecified atom stereocenters. The van der Waals surface area contributed by atoms with E-state index >= 15 is 0 Å². The Balaban J connectivity index is 2.07. The molecule has 2 atom stereocenters. The van der Waals surface area contributed by atoms with Crippen molar-refractivity contribution in [2.75, 3.05) is 10.8 Å². The van der Waals surface area contributed by atoms with Crippen molar-refractivity contribution in [2.24, 2.45) is 0 Å². The fraction of sp³-hybridized carbons (Fsp3) is 0.333. The summed E-state index contributed by atoms with van der Waals surface area (Å²) < 4.78 is 28.8. The zero-order valence-electron chi connectivity index (χ0n) is 23.4. The van der Waals surface area contributed by atoms with Crippen molar-refractivity contribution in [3.05, 3.63) is 92.9 Å². The highest BCUT2D eigenvalue weighted by Gasteiger charge is 2.34. The van der Waals surface area contributed by atoms with Gasteiger partial charge in [0, 0.05) is 17.6 Å². The molecule has 0 saturated heterocycles. The van der Waals surface area contributed by atoms with E-state index in [1.807, 2.05) is 20.8 Å². The van der Waals surface area contributed by atoms with E-state index in [9.17, 15) is 18.0 Å². The molecule has 3 aromatic carbocycles. The van der Waals surface area contributed by atoms with Gasteiger partial charge in [-0.2, -0.15) is 0 Å². The fourth-order valence-corrected chi connectivity index (χ4v) is 6.03. The number of hydrogen-bond donors (Lipinski definition) is 1. The van der Waals surface area contributed by atoms with Gasteiger partial charge in [-0.1, -0.05) is 72.4 Å². The highest BCUT2D eigenvalue weighted by molar-refractivity contribution is 7.92. The Kier molecular flexibility index (Phi) is 11.5. The highest BCUT2D eigenvalue weighted by atomic mass is 35.5. The predicted octanol–water partition coefficient (Wildman–Crippen LogP) is 6.87. The lowest BCUT2D eigenvalue weighted by atomic mass is 10.1. The van der Waals surface area contributed by atoms with Crippen LogP contribution in [0.2, 0.25) is 15.1 Å². The lowest BCUT2D eigenvalue weighted by molar-refractivity contribution is -0.140. The van der Waals surface area contributed by atoms with Gasteiger partial charge in [-0.3, -0.25) is 13.9 Å². The molecule has 1 N–H and O–H groups in total. The average molecular weight is 639 g/mol. The van der Waals surface area contributed by atoms with E-state index in [0.717, 1.165) is 9.87 Å². The van der Waals surface area contributed by atoms with Crippen LogP contribution in [-0.4, -0.2) is 43.8 Å². The highest BCUT2D eigenvalue weighted by Crippen LogP contribution is 2.27. The predicted molar refractivity (Wildman–Crippen MR) is 166 cm³/mol. The van der Waals surface area contributed by atoms with Gasteiger partial charge in [0.2, 0.25) is 11.8 Å². The number of hydrogen-bond acceptors (Lipinski definition) is 4. The van der Waals surface area contributed by atoms with Gasteiger partial charge < -0.3 is 10.2 Å². The van der Waals surface area contributed by atoms with Crippen LogP contribution >= 0.6 is 34.8 Å². The SMILES string of the molecule is CC[C@@H](C)NC(=O)[C@@H](CC)N(Cc1ccc(Cl)c(Cl)c1)C(=O)CN(c1ccc(C)cc1)S(=O)(=O)c1ccc(Cl)cc1. The summed E-state index contributed by atoms with van der Waals surface area (Å²) in [4.78, 5) is 28.8. The number of carbonyl (C=O) groups excluding carboxylic acids is 2. The first-order valence-electron chi connectivity index (χ1n) is 13.3. The Bertz CT molecular complexity index is 1470. The van der Waals surface area contributed by atoms with Gasteiger partial charge in [0.25, 0.3) is 10.0 Å². The van der Waals surface area contributed by atoms with Crippen LogP contribution in [0.4, 0.5) is 5.69 Å². The number of benzene rings is 3. The number of aryl methyl sites for hydroxylation is 1. The van der Waals surface area contributed by atoms with Crippen molar-refractivity contribution in [2.45, 2.75) is 64.1 Å². The number of halogens is 3. The zero-order valence-corrected chi connectivity index (χ0v) is 26.5. The van der Waals surface area contributed by atoms with Gasteiger partial charge in [-0.05, 0) is 80.8 Å². The Morgan fingerprint density at radius 3 is 2.07 bits per heavy atom. The third-order valence-electron chi connectivity index (χ3n) is 6.73. The van der Waals surface area contributed by atoms with Crippen LogP contribution in [0.15, 0.2) is 71.6 Å². The lowest BCUT2D eigenvalue weighted by Crippen LogP contribution is -2.53. The Morgan fingerprint density at radius 1 is 0.878 bits per heavy atom. The first-order valence-corrected chi connectivity index (χ1v) is 15.8. The van der Waals surface area contributed by atoms with Gasteiger partial charge in [-0.15, -0.1) is 0 Å². The van der Waals surface area contributed by atoms with Crippen LogP contribution in [0.3, 0.4) is 0 Å². The van der Waals surface area contributed by atoms with Crippen LogP contribution < -0.4 is 9.62 Å². The van der Waals surface area contributed by atoms with Crippen molar-refractivity contribution >= 4 is 62.3 Å². The number of anilines is 1. The maximum Gasteiger partial charge on any atom is 0.264 e. The second kappa shape index (κ2) is 14.4. The van der Waals surface area contributed by atoms with Crippen molar-refractivity contribution in [1.29, 1.82) is 0 Å². The molecular weight excluding hydrogens is 605 g/mol. The molecule has 2 amide bonds. The topological polar surface area (TPSA) is 86.8 Å². The summed E-state index contributed by atoms with van der Waals surface area (Å²) in [5, 5.41) is 3.99. The lowest BCUT2D eigenvalue weighted by Gasteiger charge is -2.33. The van der Waals surface area contributed by atoms with Crippen molar-refractivity contribution < 1.29 is 18.0 Å². The zero-order chi connectivity index (χ0) is 30.3. The summed E-state index contributed by atoms with van der Waals surface area (Å²) >= 11 is 18.3. The van der Waals surface area contributed by atoms with E-state index in [1.165, 1.54) is 29.2 Å². The molecule has 41 heavy (non-hydrogen) atoms. The summed E-state index contributed by atoms with van der Waals surface area (Å²) in [5.74, 6) is -0.877. The Hall–Kier alpha value is -2.78. The number of nitrogens with zero attached hydrogens (tertiary/aromatic N) is 2. The number of amides is 2. The maximum absolute atomic E-state index is 14.1. The molecule has 220 valence electrons. The monoisotopic (exact) mass is 637 g/mol. The molecule has 0 radical (unpaired) electrons. The molecule has 0 fully saturated rings. The molecule has 0 bridgehead atoms. The number of carbonyl (C=O) groups is 2. The van der Waals surface area contributed by atoms with Crippen LogP contribution in [-0.2, 0) is 26.2 Å². The Labute approximate surface area is 257 Å². The molecule has 3 aromatic rings. The van der Waals surface area contributed by atoms with Crippen LogP contribution in [0.1, 0.15) is 44.7 Å². The van der Waals surface area contributed by atoms with Crippen molar-refractivity contribution in [3.8, 4) is 0 Å². The summed E-state index contributed by atoms with van der Waals surface area (Å²) in [7, 11) is -4.19. The second-order valence-electron chi connectivity index (χ2n) is 9.81. The van der Waals surface area contributed by atoms with Gasteiger partial charge in [0.15, 0.2) is 0 Å². The number of sulfonamides is 1. The van der Waals surface area contributed by atoms with E-state index < -0.39 is 28.5 Å². The molecule has 3 rings (SSSR count). The van der Waals surface area contributed by atoms with Gasteiger partial charge in [0.1, 0.15) is 12.6 Å². The van der Waals surface area contributed by atoms with Crippen LogP contribution in [0.25, 0.3) is 0 Å². The number of rotatable bonds is 12. The molecule has 0 saturated carbocycles. The molecule has 0 aliphatic heterocycles. The maximum atomic E-state index is 14.1. The fourth-order valence-electron chi connectivity index (χ4n) is 4.17. The van der Waals surface area contributed by atoms with Crippen LogP contribution in [0.5, 0.6) is 0 Å². The second-order valence-corrected chi connectivity index (χ2v) is 12.9. The largest absolute Gasteiger partial charge is 0.352 e. The van der Waals surface area contributed by atoms with Crippen molar-refractivity contribution in [3.63, 3.8) is 0 Å². The first kappa shape index (κ1) is 32.7. The van der Waals surface area contributed by atoms with E-state index in [-0.39, 0.29) is 23.4 Å². The average Bonchev–Trinajstić information content (AvgIpc) is 2.94. The summed E-state index contributed by atoms with van der Waals surface area (Å²) in [5.41, 5.74) is 1.88. The minimum atomic E-state index is -4.19. The minimum absolute atomic E-state index is 0.0187. The van der Waals surface area contributed by atoms with E-state index in [0.29, 0.717) is 39.2 Å². The van der Waals surface area contributed by atoms with E-state index in [2.05, 4.69) is 5.32 Å². The molecule has 0 spiro atoms. The minimum Gasteiger partial charge on any atom is -0.352 e. The molecular formula is C30H34Cl3N3O4S.